The summed E-state index contributed by atoms with van der Waals surface area (Å²) in [5, 5.41) is 11.0. The molecule has 0 radical (unpaired) electrons. The van der Waals surface area contributed by atoms with E-state index in [0.717, 1.165) is 10.0 Å². The maximum absolute atomic E-state index is 11.0. The molecule has 1 heterocycles. The molecule has 0 amide bonds. The maximum atomic E-state index is 11.0. The molecule has 100 valence electrons. The van der Waals surface area contributed by atoms with Gasteiger partial charge in [0, 0.05) is 17.3 Å². The molecule has 3 heteroatoms. The standard InChI is InChI=1S/C15H21BrO2/c1-13(2)10-15(17,14(3,4)18-13)9-11-7-5-6-8-12(11)16/h5-8,17H,9-10H2,1-4H3. The Hall–Kier alpha value is -0.380. The molecule has 1 N–H and O–H groups in total. The van der Waals surface area contributed by atoms with E-state index >= 15 is 0 Å². The van der Waals surface area contributed by atoms with E-state index in [2.05, 4.69) is 15.9 Å². The fourth-order valence-electron chi connectivity index (χ4n) is 2.97. The summed E-state index contributed by atoms with van der Waals surface area (Å²) in [6.45, 7) is 8.01. The fourth-order valence-corrected chi connectivity index (χ4v) is 3.40. The summed E-state index contributed by atoms with van der Waals surface area (Å²) in [5.41, 5.74) is -0.527. The van der Waals surface area contributed by atoms with Gasteiger partial charge in [-0.1, -0.05) is 34.1 Å². The summed E-state index contributed by atoms with van der Waals surface area (Å²) in [6.07, 6.45) is 1.25. The van der Waals surface area contributed by atoms with Crippen LogP contribution in [-0.2, 0) is 11.2 Å². The third-order valence-electron chi connectivity index (χ3n) is 3.81. The van der Waals surface area contributed by atoms with Crippen molar-refractivity contribution in [3.63, 3.8) is 0 Å². The molecule has 0 spiro atoms. The topological polar surface area (TPSA) is 29.5 Å². The molecule has 1 fully saturated rings. The van der Waals surface area contributed by atoms with Gasteiger partial charge in [0.05, 0.1) is 16.8 Å². The van der Waals surface area contributed by atoms with Gasteiger partial charge in [-0.2, -0.15) is 0 Å². The van der Waals surface area contributed by atoms with Crippen LogP contribution in [0.25, 0.3) is 0 Å². The number of ether oxygens (including phenoxy) is 1. The van der Waals surface area contributed by atoms with E-state index in [4.69, 9.17) is 4.74 Å². The lowest BCUT2D eigenvalue weighted by atomic mass is 9.78. The van der Waals surface area contributed by atoms with Crippen molar-refractivity contribution in [1.29, 1.82) is 0 Å². The van der Waals surface area contributed by atoms with Crippen LogP contribution >= 0.6 is 15.9 Å². The van der Waals surface area contributed by atoms with E-state index in [1.54, 1.807) is 0 Å². The summed E-state index contributed by atoms with van der Waals surface area (Å²) >= 11 is 3.54. The van der Waals surface area contributed by atoms with Crippen molar-refractivity contribution in [2.75, 3.05) is 0 Å². The van der Waals surface area contributed by atoms with Gasteiger partial charge in [0.15, 0.2) is 0 Å². The summed E-state index contributed by atoms with van der Waals surface area (Å²) < 4.78 is 7.04. The number of halogens is 1. The van der Waals surface area contributed by atoms with Crippen molar-refractivity contribution in [2.45, 2.75) is 57.3 Å². The van der Waals surface area contributed by atoms with Crippen LogP contribution in [0, 0.1) is 0 Å². The molecule has 1 aliphatic rings. The minimum Gasteiger partial charge on any atom is -0.386 e. The van der Waals surface area contributed by atoms with Gasteiger partial charge in [0.1, 0.15) is 0 Å². The summed E-state index contributed by atoms with van der Waals surface area (Å²) in [4.78, 5) is 0. The van der Waals surface area contributed by atoms with Crippen molar-refractivity contribution < 1.29 is 9.84 Å². The van der Waals surface area contributed by atoms with Crippen LogP contribution in [0.1, 0.15) is 39.7 Å². The summed E-state index contributed by atoms with van der Waals surface area (Å²) in [5.74, 6) is 0. The second kappa shape index (κ2) is 4.32. The Balaban J connectivity index is 2.30. The van der Waals surface area contributed by atoms with Crippen LogP contribution < -0.4 is 0 Å². The maximum Gasteiger partial charge on any atom is 0.0998 e. The highest BCUT2D eigenvalue weighted by Crippen LogP contribution is 2.47. The van der Waals surface area contributed by atoms with Crippen LogP contribution in [0.2, 0.25) is 0 Å². The molecule has 1 unspecified atom stereocenters. The number of aliphatic hydroxyl groups is 1. The van der Waals surface area contributed by atoms with Crippen LogP contribution in [0.3, 0.4) is 0 Å². The number of rotatable bonds is 2. The van der Waals surface area contributed by atoms with Gasteiger partial charge in [0.2, 0.25) is 0 Å². The van der Waals surface area contributed by atoms with Crippen LogP contribution in [-0.4, -0.2) is 21.9 Å². The highest BCUT2D eigenvalue weighted by Gasteiger charge is 2.56. The second-order valence-corrected chi connectivity index (χ2v) is 7.20. The number of benzene rings is 1. The van der Waals surface area contributed by atoms with Gasteiger partial charge in [-0.05, 0) is 39.3 Å². The van der Waals surface area contributed by atoms with E-state index < -0.39 is 11.2 Å². The lowest BCUT2D eigenvalue weighted by molar-refractivity contribution is -0.125. The zero-order chi connectivity index (χ0) is 13.6. The lowest BCUT2D eigenvalue weighted by Gasteiger charge is -2.35. The third-order valence-corrected chi connectivity index (χ3v) is 4.58. The first kappa shape index (κ1) is 14.0. The Bertz CT molecular complexity index is 454. The molecule has 0 aliphatic carbocycles. The third kappa shape index (κ3) is 2.49. The molecule has 1 saturated heterocycles. The lowest BCUT2D eigenvalue weighted by Crippen LogP contribution is -2.48. The van der Waals surface area contributed by atoms with E-state index in [9.17, 15) is 5.11 Å². The molecule has 2 nitrogen and oxygen atoms in total. The van der Waals surface area contributed by atoms with E-state index in [1.165, 1.54) is 0 Å². The highest BCUT2D eigenvalue weighted by molar-refractivity contribution is 9.10. The summed E-state index contributed by atoms with van der Waals surface area (Å²) in [7, 11) is 0. The molecular weight excluding hydrogens is 292 g/mol. The molecule has 1 atom stereocenters. The first-order valence-corrected chi connectivity index (χ1v) is 7.11. The Morgan fingerprint density at radius 3 is 2.33 bits per heavy atom. The van der Waals surface area contributed by atoms with Gasteiger partial charge in [-0.15, -0.1) is 0 Å². The fraction of sp³-hybridized carbons (Fsp3) is 0.600. The number of hydrogen-bond donors (Lipinski definition) is 1. The highest BCUT2D eigenvalue weighted by atomic mass is 79.9. The Morgan fingerprint density at radius 2 is 1.83 bits per heavy atom. The number of hydrogen-bond acceptors (Lipinski definition) is 2. The van der Waals surface area contributed by atoms with E-state index in [1.807, 2.05) is 52.0 Å². The van der Waals surface area contributed by atoms with Crippen LogP contribution in [0.4, 0.5) is 0 Å². The van der Waals surface area contributed by atoms with Crippen molar-refractivity contribution in [2.24, 2.45) is 0 Å². The zero-order valence-electron chi connectivity index (χ0n) is 11.5. The Labute approximate surface area is 117 Å². The van der Waals surface area contributed by atoms with Crippen molar-refractivity contribution in [3.8, 4) is 0 Å². The summed E-state index contributed by atoms with van der Waals surface area (Å²) in [6, 6.07) is 8.03. The van der Waals surface area contributed by atoms with E-state index in [-0.39, 0.29) is 5.60 Å². The van der Waals surface area contributed by atoms with Gasteiger partial charge >= 0.3 is 0 Å². The molecule has 1 aromatic carbocycles. The molecule has 1 aliphatic heterocycles. The predicted octanol–water partition coefficient (Wildman–Crippen LogP) is 3.70. The van der Waals surface area contributed by atoms with Crippen molar-refractivity contribution in [3.05, 3.63) is 34.3 Å². The van der Waals surface area contributed by atoms with Gasteiger partial charge in [-0.25, -0.2) is 0 Å². The molecule has 0 aromatic heterocycles. The minimum atomic E-state index is -0.833. The first-order chi connectivity index (χ1) is 8.15. The Morgan fingerprint density at radius 1 is 1.22 bits per heavy atom. The average molecular weight is 313 g/mol. The van der Waals surface area contributed by atoms with Gasteiger partial charge in [0.25, 0.3) is 0 Å². The first-order valence-electron chi connectivity index (χ1n) is 6.31. The molecule has 0 saturated carbocycles. The van der Waals surface area contributed by atoms with Gasteiger partial charge < -0.3 is 9.84 Å². The normalized spacial score (nSPS) is 29.4. The van der Waals surface area contributed by atoms with Crippen molar-refractivity contribution >= 4 is 15.9 Å². The molecular formula is C15H21BrO2. The van der Waals surface area contributed by atoms with Gasteiger partial charge in [-0.3, -0.25) is 0 Å². The molecule has 0 bridgehead atoms. The van der Waals surface area contributed by atoms with Crippen molar-refractivity contribution in [1.82, 2.24) is 0 Å². The predicted molar refractivity (Wildman–Crippen MR) is 76.7 cm³/mol. The molecule has 18 heavy (non-hydrogen) atoms. The molecule has 2 rings (SSSR count). The minimum absolute atomic E-state index is 0.278. The zero-order valence-corrected chi connectivity index (χ0v) is 13.0. The Kier molecular flexibility index (Phi) is 3.37. The van der Waals surface area contributed by atoms with E-state index in [0.29, 0.717) is 12.8 Å². The average Bonchev–Trinajstić information content (AvgIpc) is 2.34. The van der Waals surface area contributed by atoms with Crippen LogP contribution in [0.5, 0.6) is 0 Å². The SMILES string of the molecule is CC1(C)CC(O)(Cc2ccccc2Br)C(C)(C)O1. The monoisotopic (exact) mass is 312 g/mol. The van der Waals surface area contributed by atoms with Crippen LogP contribution in [0.15, 0.2) is 28.7 Å². The quantitative estimate of drug-likeness (QED) is 0.902. The largest absolute Gasteiger partial charge is 0.386 e. The second-order valence-electron chi connectivity index (χ2n) is 6.35. The molecule has 1 aromatic rings. The smallest absolute Gasteiger partial charge is 0.0998 e.